The summed E-state index contributed by atoms with van der Waals surface area (Å²) in [7, 11) is 0. The van der Waals surface area contributed by atoms with Crippen LogP contribution in [0.15, 0.2) is 23.3 Å². The third-order valence-electron chi connectivity index (χ3n) is 2.81. The fourth-order valence-electron chi connectivity index (χ4n) is 1.73. The Morgan fingerprint density at radius 3 is 2.71 bits per heavy atom. The van der Waals surface area contributed by atoms with Crippen molar-refractivity contribution in [2.45, 2.75) is 27.7 Å². The van der Waals surface area contributed by atoms with E-state index in [9.17, 15) is 4.79 Å². The molecule has 0 amide bonds. The lowest BCUT2D eigenvalue weighted by molar-refractivity contribution is -0.139. The van der Waals surface area contributed by atoms with Crippen molar-refractivity contribution in [1.29, 1.82) is 0 Å². The molecule has 1 rings (SSSR count). The van der Waals surface area contributed by atoms with Crippen LogP contribution in [-0.2, 0) is 9.53 Å². The minimum atomic E-state index is -0.159. The Bertz CT molecular complexity index is 287. The van der Waals surface area contributed by atoms with Gasteiger partial charge in [0, 0.05) is 5.57 Å². The van der Waals surface area contributed by atoms with Crippen molar-refractivity contribution in [3.8, 4) is 0 Å². The van der Waals surface area contributed by atoms with Crippen molar-refractivity contribution < 1.29 is 9.53 Å². The van der Waals surface area contributed by atoms with Crippen LogP contribution in [-0.4, -0.2) is 12.6 Å². The molecule has 0 aliphatic heterocycles. The minimum absolute atomic E-state index is 0.159. The number of esters is 1. The number of hydrogen-bond donors (Lipinski definition) is 0. The molecule has 2 atom stereocenters. The van der Waals surface area contributed by atoms with Crippen LogP contribution in [0.25, 0.3) is 0 Å². The molecule has 0 unspecified atom stereocenters. The van der Waals surface area contributed by atoms with Gasteiger partial charge in [0.1, 0.15) is 0 Å². The highest BCUT2D eigenvalue weighted by Crippen LogP contribution is 2.30. The molecular formula is C12H18O2. The molecule has 0 N–H and O–H groups in total. The summed E-state index contributed by atoms with van der Waals surface area (Å²) in [6, 6.07) is 0. The van der Waals surface area contributed by atoms with Crippen LogP contribution < -0.4 is 0 Å². The Morgan fingerprint density at radius 2 is 2.14 bits per heavy atom. The van der Waals surface area contributed by atoms with Gasteiger partial charge in [0.05, 0.1) is 6.61 Å². The number of rotatable bonds is 2. The lowest BCUT2D eigenvalue weighted by atomic mass is 9.82. The lowest BCUT2D eigenvalue weighted by Gasteiger charge is -2.24. The van der Waals surface area contributed by atoms with Gasteiger partial charge < -0.3 is 4.74 Å². The fourth-order valence-corrected chi connectivity index (χ4v) is 1.73. The maximum Gasteiger partial charge on any atom is 0.334 e. The summed E-state index contributed by atoms with van der Waals surface area (Å²) < 4.78 is 5.04. The molecule has 0 radical (unpaired) electrons. The van der Waals surface area contributed by atoms with Crippen molar-refractivity contribution >= 4 is 5.97 Å². The van der Waals surface area contributed by atoms with E-state index in [0.29, 0.717) is 12.5 Å². The zero-order valence-corrected chi connectivity index (χ0v) is 9.33. The van der Waals surface area contributed by atoms with E-state index in [1.54, 1.807) is 0 Å². The Morgan fingerprint density at radius 1 is 1.50 bits per heavy atom. The Kier molecular flexibility index (Phi) is 3.50. The normalized spacial score (nSPS) is 26.6. The molecule has 0 saturated heterocycles. The van der Waals surface area contributed by atoms with Crippen molar-refractivity contribution in [3.63, 3.8) is 0 Å². The molecule has 2 nitrogen and oxygen atoms in total. The summed E-state index contributed by atoms with van der Waals surface area (Å²) in [6.07, 6.45) is 4.15. The second-order valence-electron chi connectivity index (χ2n) is 3.82. The fraction of sp³-hybridized carbons (Fsp3) is 0.583. The Balaban J connectivity index is 2.92. The van der Waals surface area contributed by atoms with Gasteiger partial charge in [-0.2, -0.15) is 0 Å². The molecule has 1 aliphatic carbocycles. The van der Waals surface area contributed by atoms with Crippen LogP contribution in [0.5, 0.6) is 0 Å². The second kappa shape index (κ2) is 4.45. The largest absolute Gasteiger partial charge is 0.463 e. The van der Waals surface area contributed by atoms with Crippen LogP contribution in [0.2, 0.25) is 0 Å². The summed E-state index contributed by atoms with van der Waals surface area (Å²) in [5.74, 6) is 0.519. The van der Waals surface area contributed by atoms with E-state index in [4.69, 9.17) is 4.74 Å². The first-order chi connectivity index (χ1) is 6.57. The number of carbonyl (C=O) groups is 1. The molecule has 0 fully saturated rings. The molecule has 0 aromatic rings. The Hall–Kier alpha value is -1.05. The van der Waals surface area contributed by atoms with Gasteiger partial charge >= 0.3 is 5.97 Å². The van der Waals surface area contributed by atoms with E-state index in [1.807, 2.05) is 19.9 Å². The van der Waals surface area contributed by atoms with Gasteiger partial charge in [0.15, 0.2) is 0 Å². The molecule has 1 aliphatic rings. The molecule has 78 valence electrons. The van der Waals surface area contributed by atoms with Crippen LogP contribution in [0, 0.1) is 11.8 Å². The van der Waals surface area contributed by atoms with Gasteiger partial charge in [-0.05, 0) is 31.3 Å². The summed E-state index contributed by atoms with van der Waals surface area (Å²) in [6.45, 7) is 8.43. The van der Waals surface area contributed by atoms with Crippen LogP contribution in [0.1, 0.15) is 27.7 Å². The third-order valence-corrected chi connectivity index (χ3v) is 2.81. The molecule has 0 aromatic heterocycles. The zero-order valence-electron chi connectivity index (χ0n) is 9.33. The highest BCUT2D eigenvalue weighted by molar-refractivity contribution is 5.90. The summed E-state index contributed by atoms with van der Waals surface area (Å²) in [5.41, 5.74) is 1.87. The van der Waals surface area contributed by atoms with Gasteiger partial charge in [0.25, 0.3) is 0 Å². The maximum atomic E-state index is 11.7. The number of carbonyl (C=O) groups excluding carboxylic acids is 1. The lowest BCUT2D eigenvalue weighted by Crippen LogP contribution is -2.21. The van der Waals surface area contributed by atoms with Gasteiger partial charge in [0.2, 0.25) is 0 Å². The number of ether oxygens (including phenoxy) is 1. The molecule has 0 saturated carbocycles. The van der Waals surface area contributed by atoms with Crippen molar-refractivity contribution in [2.24, 2.45) is 11.8 Å². The predicted octanol–water partition coefficient (Wildman–Crippen LogP) is 2.71. The summed E-state index contributed by atoms with van der Waals surface area (Å²) in [4.78, 5) is 11.7. The first-order valence-corrected chi connectivity index (χ1v) is 5.14. The van der Waals surface area contributed by atoms with Crippen LogP contribution in [0.3, 0.4) is 0 Å². The predicted molar refractivity (Wildman–Crippen MR) is 56.8 cm³/mol. The zero-order chi connectivity index (χ0) is 10.7. The molecule has 2 heteroatoms. The highest BCUT2D eigenvalue weighted by atomic mass is 16.5. The van der Waals surface area contributed by atoms with E-state index in [1.165, 1.54) is 0 Å². The van der Waals surface area contributed by atoms with E-state index in [-0.39, 0.29) is 11.9 Å². The molecule has 0 aromatic carbocycles. The van der Waals surface area contributed by atoms with Gasteiger partial charge in [-0.25, -0.2) is 4.79 Å². The van der Waals surface area contributed by atoms with Crippen LogP contribution in [0.4, 0.5) is 0 Å². The van der Waals surface area contributed by atoms with E-state index >= 15 is 0 Å². The van der Waals surface area contributed by atoms with Gasteiger partial charge in [-0.1, -0.05) is 26.0 Å². The van der Waals surface area contributed by atoms with Crippen molar-refractivity contribution in [2.75, 3.05) is 6.61 Å². The van der Waals surface area contributed by atoms with Crippen LogP contribution >= 0.6 is 0 Å². The van der Waals surface area contributed by atoms with Gasteiger partial charge in [-0.3, -0.25) is 0 Å². The molecule has 14 heavy (non-hydrogen) atoms. The summed E-state index contributed by atoms with van der Waals surface area (Å²) in [5, 5.41) is 0. The maximum absolute atomic E-state index is 11.7. The highest BCUT2D eigenvalue weighted by Gasteiger charge is 2.26. The number of hydrogen-bond acceptors (Lipinski definition) is 2. The van der Waals surface area contributed by atoms with Crippen molar-refractivity contribution in [1.82, 2.24) is 0 Å². The van der Waals surface area contributed by atoms with Crippen molar-refractivity contribution in [3.05, 3.63) is 23.3 Å². The third kappa shape index (κ3) is 2.06. The standard InChI is InChI=1S/C12H18O2/c1-5-14-12(13)11-9(3)7-6-8(2)10(11)4/h6-8,10H,5H2,1-4H3/t8-,10-/m1/s1. The number of allylic oxidation sites excluding steroid dienone is 3. The topological polar surface area (TPSA) is 26.3 Å². The Labute approximate surface area is 85.6 Å². The van der Waals surface area contributed by atoms with Gasteiger partial charge in [-0.15, -0.1) is 0 Å². The quantitative estimate of drug-likeness (QED) is 0.632. The minimum Gasteiger partial charge on any atom is -0.463 e. The summed E-state index contributed by atoms with van der Waals surface area (Å²) >= 11 is 0. The molecule has 0 heterocycles. The molecule has 0 bridgehead atoms. The smallest absolute Gasteiger partial charge is 0.334 e. The first kappa shape index (κ1) is 11.0. The monoisotopic (exact) mass is 194 g/mol. The van der Waals surface area contributed by atoms with E-state index in [0.717, 1.165) is 11.1 Å². The second-order valence-corrected chi connectivity index (χ2v) is 3.82. The van der Waals surface area contributed by atoms with E-state index < -0.39 is 0 Å². The average molecular weight is 194 g/mol. The molecular weight excluding hydrogens is 176 g/mol. The van der Waals surface area contributed by atoms with E-state index in [2.05, 4.69) is 19.9 Å². The SMILES string of the molecule is CCOC(=O)C1=C(C)C=C[C@@H](C)[C@H]1C. The average Bonchev–Trinajstić information content (AvgIpc) is 2.13. The molecule has 0 spiro atoms. The first-order valence-electron chi connectivity index (χ1n) is 5.14.